The summed E-state index contributed by atoms with van der Waals surface area (Å²) < 4.78 is 30.9. The zero-order valence-electron chi connectivity index (χ0n) is 19.2. The van der Waals surface area contributed by atoms with Crippen molar-refractivity contribution in [2.45, 2.75) is 71.3 Å². The average Bonchev–Trinajstić information content (AvgIpc) is 3.02. The molecule has 4 aliphatic carbocycles. The smallest absolute Gasteiger partial charge is 0.156 e. The number of ketones is 1. The van der Waals surface area contributed by atoms with E-state index in [1.165, 1.54) is 12.2 Å². The number of carbonyl (C=O) groups excluding carboxylic acids is 1. The number of halogens is 2. The number of carbonyl (C=O) groups is 1. The second-order valence-corrected chi connectivity index (χ2v) is 10.1. The number of rotatable bonds is 3. The summed E-state index contributed by atoms with van der Waals surface area (Å²) >= 11 is 0. The molecule has 2 fully saturated rings. The molecular weight excluding hydrogens is 406 g/mol. The predicted molar refractivity (Wildman–Crippen MR) is 123 cm³/mol. The Morgan fingerprint density at radius 1 is 1.28 bits per heavy atom. The molecule has 0 aromatic rings. The first-order valence-electron chi connectivity index (χ1n) is 11.6. The van der Waals surface area contributed by atoms with Crippen molar-refractivity contribution >= 4 is 5.78 Å². The van der Waals surface area contributed by atoms with Gasteiger partial charge in [0, 0.05) is 17.8 Å². The topological polar surface area (TPSA) is 37.3 Å². The summed E-state index contributed by atoms with van der Waals surface area (Å²) in [7, 11) is 0. The molecule has 0 aliphatic heterocycles. The van der Waals surface area contributed by atoms with Crippen LogP contribution in [0, 0.1) is 35.0 Å². The molecular formula is C28H32F2O2. The Kier molecular flexibility index (Phi) is 5.92. The Balaban J connectivity index is 1.91. The number of hydrogen-bond acceptors (Lipinski definition) is 2. The van der Waals surface area contributed by atoms with E-state index in [1.807, 2.05) is 6.92 Å². The molecule has 4 rings (SSSR count). The van der Waals surface area contributed by atoms with Crippen molar-refractivity contribution in [1.82, 2.24) is 0 Å². The van der Waals surface area contributed by atoms with E-state index in [-0.39, 0.29) is 17.6 Å². The molecule has 0 aromatic carbocycles. The lowest BCUT2D eigenvalue weighted by Gasteiger charge is -2.53. The molecule has 0 aromatic heterocycles. The van der Waals surface area contributed by atoms with Crippen LogP contribution in [0.25, 0.3) is 0 Å². The summed E-state index contributed by atoms with van der Waals surface area (Å²) in [6.45, 7) is 9.03. The summed E-state index contributed by atoms with van der Waals surface area (Å²) in [6.07, 6.45) is 8.63. The monoisotopic (exact) mass is 438 g/mol. The number of allylic oxidation sites excluding steroid dienone is 9. The Hall–Kier alpha value is -2.25. The normalized spacial score (nSPS) is 37.4. The van der Waals surface area contributed by atoms with Gasteiger partial charge in [0.2, 0.25) is 0 Å². The molecule has 0 radical (unpaired) electrons. The fourth-order valence-electron chi connectivity index (χ4n) is 6.80. The van der Waals surface area contributed by atoms with Crippen LogP contribution in [0.2, 0.25) is 0 Å². The Morgan fingerprint density at radius 3 is 2.72 bits per heavy atom. The Morgan fingerprint density at radius 2 is 2.03 bits per heavy atom. The molecule has 1 N–H and O–H groups in total. The van der Waals surface area contributed by atoms with Crippen molar-refractivity contribution in [2.75, 3.05) is 0 Å². The van der Waals surface area contributed by atoms with Gasteiger partial charge < -0.3 is 5.11 Å². The third kappa shape index (κ3) is 3.46. The molecule has 0 amide bonds. The molecule has 0 bridgehead atoms. The lowest BCUT2D eigenvalue weighted by atomic mass is 9.52. The summed E-state index contributed by atoms with van der Waals surface area (Å²) in [4.78, 5) is 12.0. The fraction of sp³-hybridized carbons (Fsp3) is 0.536. The number of hydrogen-bond donors (Lipinski definition) is 1. The average molecular weight is 439 g/mol. The molecule has 2 nitrogen and oxygen atoms in total. The SMILES string of the molecule is C=C/C(C)=C\C(F)=C(/F)[C@H]1C[C@@]2(C)[C@@H](CC[C@@]2(O)C#CC)[C@@H]2CCC3=CC(=O)CCC3=C21. The second kappa shape index (κ2) is 8.27. The van der Waals surface area contributed by atoms with Crippen molar-refractivity contribution in [3.05, 3.63) is 58.8 Å². The van der Waals surface area contributed by atoms with Crippen LogP contribution in [0.4, 0.5) is 8.78 Å². The lowest BCUT2D eigenvalue weighted by molar-refractivity contribution is -0.114. The molecule has 0 spiro atoms. The molecule has 4 aliphatic rings. The van der Waals surface area contributed by atoms with Crippen molar-refractivity contribution in [1.29, 1.82) is 0 Å². The van der Waals surface area contributed by atoms with E-state index in [2.05, 4.69) is 18.4 Å². The molecule has 0 saturated heterocycles. The van der Waals surface area contributed by atoms with Gasteiger partial charge in [0.25, 0.3) is 0 Å². The van der Waals surface area contributed by atoms with Crippen molar-refractivity contribution in [3.8, 4) is 11.8 Å². The van der Waals surface area contributed by atoms with E-state index < -0.39 is 28.6 Å². The molecule has 5 atom stereocenters. The molecule has 4 heteroatoms. The third-order valence-corrected chi connectivity index (χ3v) is 8.43. The second-order valence-electron chi connectivity index (χ2n) is 10.1. The lowest BCUT2D eigenvalue weighted by Crippen LogP contribution is -2.51. The number of aliphatic hydroxyl groups is 1. The summed E-state index contributed by atoms with van der Waals surface area (Å²) in [5, 5.41) is 11.5. The molecule has 2 saturated carbocycles. The minimum atomic E-state index is -1.21. The summed E-state index contributed by atoms with van der Waals surface area (Å²) in [6, 6.07) is 0. The predicted octanol–water partition coefficient (Wildman–Crippen LogP) is 6.46. The van der Waals surface area contributed by atoms with Gasteiger partial charge >= 0.3 is 0 Å². The fourth-order valence-corrected chi connectivity index (χ4v) is 6.80. The highest BCUT2D eigenvalue weighted by Crippen LogP contribution is 2.66. The maximum absolute atomic E-state index is 15.8. The van der Waals surface area contributed by atoms with E-state index in [0.29, 0.717) is 31.3 Å². The van der Waals surface area contributed by atoms with E-state index in [9.17, 15) is 9.90 Å². The van der Waals surface area contributed by atoms with Gasteiger partial charge in [-0.3, -0.25) is 4.79 Å². The minimum Gasteiger partial charge on any atom is -0.377 e. The Bertz CT molecular complexity index is 1050. The van der Waals surface area contributed by atoms with Crippen molar-refractivity contribution in [3.63, 3.8) is 0 Å². The van der Waals surface area contributed by atoms with Crippen LogP contribution in [-0.4, -0.2) is 16.5 Å². The highest BCUT2D eigenvalue weighted by atomic mass is 19.2. The van der Waals surface area contributed by atoms with Gasteiger partial charge in [0.15, 0.2) is 11.6 Å². The van der Waals surface area contributed by atoms with E-state index in [1.54, 1.807) is 19.9 Å². The quantitative estimate of drug-likeness (QED) is 0.406. The van der Waals surface area contributed by atoms with Crippen molar-refractivity contribution < 1.29 is 18.7 Å². The van der Waals surface area contributed by atoms with Gasteiger partial charge in [-0.05, 0) is 93.1 Å². The van der Waals surface area contributed by atoms with Gasteiger partial charge in [-0.25, -0.2) is 8.78 Å². The maximum Gasteiger partial charge on any atom is 0.156 e. The van der Waals surface area contributed by atoms with E-state index >= 15 is 8.78 Å². The summed E-state index contributed by atoms with van der Waals surface area (Å²) in [5.74, 6) is 3.81. The third-order valence-electron chi connectivity index (χ3n) is 8.43. The first-order valence-corrected chi connectivity index (χ1v) is 11.6. The molecule has 170 valence electrons. The van der Waals surface area contributed by atoms with Gasteiger partial charge in [-0.2, -0.15) is 0 Å². The largest absolute Gasteiger partial charge is 0.377 e. The van der Waals surface area contributed by atoms with E-state index in [4.69, 9.17) is 0 Å². The van der Waals surface area contributed by atoms with Crippen LogP contribution in [0.1, 0.15) is 65.7 Å². The first-order chi connectivity index (χ1) is 15.1. The van der Waals surface area contributed by atoms with Crippen LogP contribution in [-0.2, 0) is 4.79 Å². The van der Waals surface area contributed by atoms with Gasteiger partial charge in [-0.15, -0.1) is 5.92 Å². The van der Waals surface area contributed by atoms with Crippen LogP contribution in [0.15, 0.2) is 58.8 Å². The zero-order valence-corrected chi connectivity index (χ0v) is 19.2. The molecule has 0 unspecified atom stereocenters. The van der Waals surface area contributed by atoms with E-state index in [0.717, 1.165) is 36.0 Å². The van der Waals surface area contributed by atoms with Crippen molar-refractivity contribution in [2.24, 2.45) is 23.2 Å². The maximum atomic E-state index is 15.8. The first kappa shape index (κ1) is 22.9. The van der Waals surface area contributed by atoms with Gasteiger partial charge in [0.1, 0.15) is 11.4 Å². The number of fused-ring (bicyclic) bond motifs is 4. The van der Waals surface area contributed by atoms with Crippen LogP contribution >= 0.6 is 0 Å². The summed E-state index contributed by atoms with van der Waals surface area (Å²) in [5.41, 5.74) is 1.72. The van der Waals surface area contributed by atoms with Crippen LogP contribution in [0.5, 0.6) is 0 Å². The highest BCUT2D eigenvalue weighted by Gasteiger charge is 2.63. The van der Waals surface area contributed by atoms with Gasteiger partial charge in [-0.1, -0.05) is 31.1 Å². The molecule has 0 heterocycles. The standard InChI is InChI=1S/C28H32F2O2/c1-5-12-28(32)13-11-23-21-9-7-18-15-19(31)8-10-20(18)25(21)22(16-27(23,28)4)26(30)24(29)14-17(3)6-2/h6,14-15,21-23,32H,2,7-11,13,16H2,1,3-4H3/b17-14-,26-24+/t21-,22-,23-,27-,28-/m0/s1. The Labute approximate surface area is 189 Å². The van der Waals surface area contributed by atoms with Crippen LogP contribution in [0.3, 0.4) is 0 Å². The minimum absolute atomic E-state index is 0.0646. The van der Waals surface area contributed by atoms with Gasteiger partial charge in [0.05, 0.1) is 0 Å². The van der Waals surface area contributed by atoms with Crippen LogP contribution < -0.4 is 0 Å². The zero-order chi connectivity index (χ0) is 23.3. The molecule has 32 heavy (non-hydrogen) atoms. The highest BCUT2D eigenvalue weighted by molar-refractivity contribution is 5.93.